The molecule has 0 spiro atoms. The number of esters is 1. The zero-order chi connectivity index (χ0) is 21.1. The molecule has 0 saturated carbocycles. The van der Waals surface area contributed by atoms with Crippen LogP contribution in [-0.4, -0.2) is 19.1 Å². The van der Waals surface area contributed by atoms with E-state index >= 15 is 0 Å². The van der Waals surface area contributed by atoms with Crippen molar-refractivity contribution in [3.8, 4) is 0 Å². The Morgan fingerprint density at radius 2 is 1.80 bits per heavy atom. The minimum atomic E-state index is -0.231. The molecule has 154 valence electrons. The fourth-order valence-electron chi connectivity index (χ4n) is 4.13. The molecule has 4 rings (SSSR count). The average Bonchev–Trinajstić information content (AvgIpc) is 2.74. The van der Waals surface area contributed by atoms with Crippen molar-refractivity contribution in [3.05, 3.63) is 99.0 Å². The van der Waals surface area contributed by atoms with E-state index in [0.717, 1.165) is 31.8 Å². The summed E-state index contributed by atoms with van der Waals surface area (Å²) in [6, 6.07) is 24.2. The maximum atomic E-state index is 12.6. The first-order chi connectivity index (χ1) is 14.6. The molecule has 2 N–H and O–H groups in total. The summed E-state index contributed by atoms with van der Waals surface area (Å²) in [7, 11) is 0. The van der Waals surface area contributed by atoms with Crippen molar-refractivity contribution >= 4 is 39.2 Å². The number of benzene rings is 3. The Labute approximate surface area is 189 Å². The highest BCUT2D eigenvalue weighted by atomic mass is 79.9. The largest absolute Gasteiger partial charge is 0.462 e. The molecule has 6 heteroatoms. The Balaban J connectivity index is 1.89. The molecule has 0 aliphatic carbocycles. The number of hydrogen-bond acceptors (Lipinski definition) is 3. The van der Waals surface area contributed by atoms with Gasteiger partial charge >= 0.3 is 5.97 Å². The summed E-state index contributed by atoms with van der Waals surface area (Å²) < 4.78 is 6.32. The van der Waals surface area contributed by atoms with Crippen molar-refractivity contribution in [1.29, 1.82) is 0 Å². The zero-order valence-corrected chi connectivity index (χ0v) is 18.9. The van der Waals surface area contributed by atoms with E-state index in [1.807, 2.05) is 55.5 Å². The second-order valence-electron chi connectivity index (χ2n) is 7.23. The number of nitrogens with one attached hydrogen (secondary N) is 2. The van der Waals surface area contributed by atoms with E-state index in [2.05, 4.69) is 45.5 Å². The van der Waals surface area contributed by atoms with Gasteiger partial charge in [0.05, 0.1) is 11.6 Å². The van der Waals surface area contributed by atoms with Crippen LogP contribution in [0.1, 0.15) is 35.8 Å². The van der Waals surface area contributed by atoms with Crippen LogP contribution in [0.15, 0.2) is 77.3 Å². The number of carbonyl (C=O) groups excluding carboxylic acids is 1. The van der Waals surface area contributed by atoms with Gasteiger partial charge in [-0.2, -0.15) is 0 Å². The molecule has 0 radical (unpaired) electrons. The molecule has 1 aliphatic heterocycles. The first kappa shape index (κ1) is 20.9. The quantitative estimate of drug-likeness (QED) is 0.511. The molecule has 0 bridgehead atoms. The highest BCUT2D eigenvalue weighted by Crippen LogP contribution is 2.36. The molecule has 4 nitrogen and oxygen atoms in total. The summed E-state index contributed by atoms with van der Waals surface area (Å²) in [5, 5.41) is 4.30. The Kier molecular flexibility index (Phi) is 6.42. The molecule has 0 aromatic heterocycles. The van der Waals surface area contributed by atoms with E-state index in [0.29, 0.717) is 11.6 Å². The Morgan fingerprint density at radius 1 is 1.07 bits per heavy atom. The van der Waals surface area contributed by atoms with Crippen LogP contribution in [-0.2, 0) is 9.53 Å². The van der Waals surface area contributed by atoms with Crippen molar-refractivity contribution < 1.29 is 14.4 Å². The smallest absolute Gasteiger partial charge is 0.361 e. The van der Waals surface area contributed by atoms with Gasteiger partial charge in [0.25, 0.3) is 0 Å². The van der Waals surface area contributed by atoms with Crippen molar-refractivity contribution in [2.45, 2.75) is 19.1 Å². The molecule has 3 aromatic carbocycles. The van der Waals surface area contributed by atoms with Gasteiger partial charge in [-0.3, -0.25) is 4.90 Å². The molecular weight excluding hydrogens is 464 g/mol. The van der Waals surface area contributed by atoms with Crippen LogP contribution in [0, 0.1) is 0 Å². The van der Waals surface area contributed by atoms with Crippen LogP contribution in [0.3, 0.4) is 0 Å². The van der Waals surface area contributed by atoms with Crippen molar-refractivity contribution in [2.24, 2.45) is 0 Å². The van der Waals surface area contributed by atoms with Crippen molar-refractivity contribution in [3.63, 3.8) is 0 Å². The second kappa shape index (κ2) is 9.21. The van der Waals surface area contributed by atoms with Crippen LogP contribution in [0.5, 0.6) is 0 Å². The van der Waals surface area contributed by atoms with Gasteiger partial charge in [-0.05, 0) is 37.3 Å². The molecule has 30 heavy (non-hydrogen) atoms. The third-order valence-corrected chi connectivity index (χ3v) is 6.21. The highest BCUT2D eigenvalue weighted by molar-refractivity contribution is 9.10. The topological polar surface area (TPSA) is 42.8 Å². The van der Waals surface area contributed by atoms with E-state index < -0.39 is 0 Å². The molecule has 1 heterocycles. The van der Waals surface area contributed by atoms with Crippen molar-refractivity contribution in [2.75, 3.05) is 18.5 Å². The summed E-state index contributed by atoms with van der Waals surface area (Å²) in [6.07, 6.45) is -0.206. The number of carbonyl (C=O) groups is 1. The minimum absolute atomic E-state index is 0.0642. The SMILES string of the molecule is CCOC(=O)C[NH+]1[C@H](c2ccccc2)c2cc(Br)ccc2N[C@@H]1c1ccccc1Cl. The number of ether oxygens (including phenoxy) is 1. The summed E-state index contributed by atoms with van der Waals surface area (Å²) >= 11 is 10.2. The van der Waals surface area contributed by atoms with Gasteiger partial charge in [0, 0.05) is 26.9 Å². The van der Waals surface area contributed by atoms with Gasteiger partial charge < -0.3 is 10.1 Å². The van der Waals surface area contributed by atoms with Crippen LogP contribution < -0.4 is 10.2 Å². The predicted octanol–water partition coefficient (Wildman–Crippen LogP) is 4.76. The first-order valence-corrected chi connectivity index (χ1v) is 11.1. The van der Waals surface area contributed by atoms with Gasteiger partial charge in [0.1, 0.15) is 6.04 Å². The number of anilines is 1. The molecule has 3 aromatic rings. The maximum absolute atomic E-state index is 12.6. The molecule has 1 aliphatic rings. The number of hydrogen-bond donors (Lipinski definition) is 2. The predicted molar refractivity (Wildman–Crippen MR) is 123 cm³/mol. The number of fused-ring (bicyclic) bond motifs is 1. The van der Waals surface area contributed by atoms with E-state index in [1.165, 1.54) is 0 Å². The van der Waals surface area contributed by atoms with Crippen molar-refractivity contribution in [1.82, 2.24) is 0 Å². The lowest BCUT2D eigenvalue weighted by Crippen LogP contribution is -3.15. The van der Waals surface area contributed by atoms with Gasteiger partial charge in [0.15, 0.2) is 12.7 Å². The Hall–Kier alpha value is -2.34. The number of rotatable bonds is 5. The third kappa shape index (κ3) is 4.24. The van der Waals surface area contributed by atoms with Crippen LogP contribution in [0.4, 0.5) is 5.69 Å². The highest BCUT2D eigenvalue weighted by Gasteiger charge is 2.41. The summed E-state index contributed by atoms with van der Waals surface area (Å²) in [5.74, 6) is -0.231. The molecular formula is C24H23BrClN2O2+. The number of halogens is 2. The average molecular weight is 487 g/mol. The molecule has 0 amide bonds. The third-order valence-electron chi connectivity index (χ3n) is 5.37. The van der Waals surface area contributed by atoms with Gasteiger partial charge in [-0.25, -0.2) is 4.79 Å². The summed E-state index contributed by atoms with van der Waals surface area (Å²) in [6.45, 7) is 2.39. The lowest BCUT2D eigenvalue weighted by atomic mass is 9.91. The van der Waals surface area contributed by atoms with Gasteiger partial charge in [0.2, 0.25) is 0 Å². The van der Waals surface area contributed by atoms with Crippen LogP contribution in [0.2, 0.25) is 5.02 Å². The van der Waals surface area contributed by atoms with E-state index in [-0.39, 0.29) is 24.7 Å². The number of quaternary nitrogens is 1. The van der Waals surface area contributed by atoms with E-state index in [1.54, 1.807) is 0 Å². The lowest BCUT2D eigenvalue weighted by molar-refractivity contribution is -0.947. The molecule has 3 atom stereocenters. The van der Waals surface area contributed by atoms with Gasteiger partial charge in [-0.1, -0.05) is 70.0 Å². The second-order valence-corrected chi connectivity index (χ2v) is 8.55. The monoisotopic (exact) mass is 485 g/mol. The molecule has 0 saturated heterocycles. The van der Waals surface area contributed by atoms with E-state index in [4.69, 9.17) is 16.3 Å². The Bertz CT molecular complexity index is 1040. The molecule has 0 fully saturated rings. The van der Waals surface area contributed by atoms with Gasteiger partial charge in [-0.15, -0.1) is 0 Å². The fourth-order valence-corrected chi connectivity index (χ4v) is 4.75. The first-order valence-electron chi connectivity index (χ1n) is 9.95. The van der Waals surface area contributed by atoms with E-state index in [9.17, 15) is 4.79 Å². The van der Waals surface area contributed by atoms with Crippen LogP contribution in [0.25, 0.3) is 0 Å². The normalized spacial score (nSPS) is 20.2. The minimum Gasteiger partial charge on any atom is -0.462 e. The standard InChI is InChI=1S/C24H22BrClN2O2/c1-2-30-22(29)15-28-23(16-8-4-3-5-9-16)19-14-17(25)12-13-21(19)27-24(28)18-10-6-7-11-20(18)26/h3-14,23-24,27H,2,15H2,1H3/p+1/t23-,24+/m1/s1. The summed E-state index contributed by atoms with van der Waals surface area (Å²) in [5.41, 5.74) is 4.24. The maximum Gasteiger partial charge on any atom is 0.361 e. The zero-order valence-electron chi connectivity index (χ0n) is 16.6. The Morgan fingerprint density at radius 3 is 2.53 bits per heavy atom. The fraction of sp³-hybridized carbons (Fsp3) is 0.208. The molecule has 1 unspecified atom stereocenters. The van der Waals surface area contributed by atoms with Crippen LogP contribution >= 0.6 is 27.5 Å². The summed E-state index contributed by atoms with van der Waals surface area (Å²) in [4.78, 5) is 13.6. The lowest BCUT2D eigenvalue weighted by Gasteiger charge is -2.41.